The molecule has 1 heterocycles. The summed E-state index contributed by atoms with van der Waals surface area (Å²) in [5.41, 5.74) is 1.22. The SMILES string of the molecule is COCOc1ccccc1C1C(C(=O)O)=C(C)NC(C)=C1C(=O)O. The number of para-hydroxylation sites is 1. The van der Waals surface area contributed by atoms with E-state index in [0.29, 0.717) is 22.7 Å². The number of aliphatic carboxylic acids is 2. The summed E-state index contributed by atoms with van der Waals surface area (Å²) in [6.07, 6.45) is 0. The number of methoxy groups -OCH3 is 1. The van der Waals surface area contributed by atoms with Gasteiger partial charge in [-0.05, 0) is 19.9 Å². The molecular formula is C17H19NO6. The first kappa shape index (κ1) is 17.6. The van der Waals surface area contributed by atoms with Crippen LogP contribution in [0.2, 0.25) is 0 Å². The molecule has 1 aromatic carbocycles. The maximum Gasteiger partial charge on any atom is 0.334 e. The molecule has 1 aliphatic heterocycles. The number of hydrogen-bond donors (Lipinski definition) is 3. The Hall–Kier alpha value is -2.80. The molecule has 0 aliphatic carbocycles. The van der Waals surface area contributed by atoms with E-state index in [2.05, 4.69) is 5.32 Å². The van der Waals surface area contributed by atoms with Gasteiger partial charge in [0.15, 0.2) is 6.79 Å². The molecule has 0 fully saturated rings. The standard InChI is InChI=1S/C17H19NO6/c1-9-13(16(19)20)15(14(17(21)22)10(2)18-9)11-6-4-5-7-12(11)24-8-23-3/h4-7,15,18H,8H2,1-3H3,(H,19,20)(H,21,22). The quantitative estimate of drug-likeness (QED) is 0.684. The molecule has 0 radical (unpaired) electrons. The lowest BCUT2D eigenvalue weighted by molar-refractivity contribution is -0.133. The fourth-order valence-electron chi connectivity index (χ4n) is 2.84. The Morgan fingerprint density at radius 3 is 2.12 bits per heavy atom. The number of allylic oxidation sites excluding steroid dienone is 2. The average Bonchev–Trinajstić information content (AvgIpc) is 2.51. The average molecular weight is 333 g/mol. The number of benzene rings is 1. The summed E-state index contributed by atoms with van der Waals surface area (Å²) in [6, 6.07) is 6.75. The second-order valence-electron chi connectivity index (χ2n) is 5.33. The number of ether oxygens (including phenoxy) is 2. The molecule has 1 aliphatic rings. The van der Waals surface area contributed by atoms with Crippen molar-refractivity contribution in [3.05, 3.63) is 52.4 Å². The minimum Gasteiger partial charge on any atom is -0.478 e. The molecule has 0 bridgehead atoms. The lowest BCUT2D eigenvalue weighted by atomic mass is 9.80. The van der Waals surface area contributed by atoms with Crippen molar-refractivity contribution < 1.29 is 29.3 Å². The van der Waals surface area contributed by atoms with Crippen molar-refractivity contribution in [3.63, 3.8) is 0 Å². The van der Waals surface area contributed by atoms with Crippen LogP contribution < -0.4 is 10.1 Å². The summed E-state index contributed by atoms with van der Waals surface area (Å²) in [5.74, 6) is -2.94. The number of hydrogen-bond acceptors (Lipinski definition) is 5. The molecule has 7 heteroatoms. The Morgan fingerprint density at radius 2 is 1.62 bits per heavy atom. The van der Waals surface area contributed by atoms with E-state index >= 15 is 0 Å². The molecule has 7 nitrogen and oxygen atoms in total. The summed E-state index contributed by atoms with van der Waals surface area (Å²) in [6.45, 7) is 3.19. The van der Waals surface area contributed by atoms with Crippen LogP contribution in [0, 0.1) is 0 Å². The molecule has 0 amide bonds. The molecule has 128 valence electrons. The molecule has 0 saturated heterocycles. The Morgan fingerprint density at radius 1 is 1.08 bits per heavy atom. The van der Waals surface area contributed by atoms with Crippen molar-refractivity contribution in [3.8, 4) is 5.75 Å². The molecule has 0 aromatic heterocycles. The van der Waals surface area contributed by atoms with Gasteiger partial charge in [-0.2, -0.15) is 0 Å². The Balaban J connectivity index is 2.67. The van der Waals surface area contributed by atoms with Crippen molar-refractivity contribution >= 4 is 11.9 Å². The molecule has 0 unspecified atom stereocenters. The third-order valence-corrected chi connectivity index (χ3v) is 3.78. The molecule has 3 N–H and O–H groups in total. The van der Waals surface area contributed by atoms with Crippen LogP contribution in [0.5, 0.6) is 5.75 Å². The smallest absolute Gasteiger partial charge is 0.334 e. The highest BCUT2D eigenvalue weighted by molar-refractivity contribution is 5.98. The predicted octanol–water partition coefficient (Wildman–Crippen LogP) is 2.07. The first-order valence-electron chi connectivity index (χ1n) is 7.24. The van der Waals surface area contributed by atoms with Gasteiger partial charge in [-0.3, -0.25) is 0 Å². The van der Waals surface area contributed by atoms with Crippen LogP contribution in [0.25, 0.3) is 0 Å². The van der Waals surface area contributed by atoms with Crippen molar-refractivity contribution in [2.24, 2.45) is 0 Å². The monoisotopic (exact) mass is 333 g/mol. The summed E-state index contributed by atoms with van der Waals surface area (Å²) < 4.78 is 10.4. The second kappa shape index (κ2) is 7.18. The van der Waals surface area contributed by atoms with Gasteiger partial charge in [0.05, 0.1) is 17.1 Å². The van der Waals surface area contributed by atoms with Crippen molar-refractivity contribution in [2.75, 3.05) is 13.9 Å². The van der Waals surface area contributed by atoms with E-state index in [9.17, 15) is 19.8 Å². The molecule has 1 aromatic rings. The second-order valence-corrected chi connectivity index (χ2v) is 5.33. The van der Waals surface area contributed by atoms with E-state index in [1.807, 2.05) is 0 Å². The summed E-state index contributed by atoms with van der Waals surface area (Å²) in [5, 5.41) is 22.1. The van der Waals surface area contributed by atoms with Crippen molar-refractivity contribution in [2.45, 2.75) is 19.8 Å². The minimum atomic E-state index is -1.18. The normalized spacial score (nSPS) is 15.3. The van der Waals surface area contributed by atoms with Gasteiger partial charge in [0.2, 0.25) is 0 Å². The van der Waals surface area contributed by atoms with Gasteiger partial charge in [-0.1, -0.05) is 18.2 Å². The van der Waals surface area contributed by atoms with Gasteiger partial charge in [0.1, 0.15) is 5.75 Å². The van der Waals surface area contributed by atoms with Crippen molar-refractivity contribution in [1.29, 1.82) is 0 Å². The molecular weight excluding hydrogens is 314 g/mol. The van der Waals surface area contributed by atoms with Gasteiger partial charge >= 0.3 is 11.9 Å². The van der Waals surface area contributed by atoms with E-state index in [0.717, 1.165) is 0 Å². The number of nitrogens with one attached hydrogen (secondary N) is 1. The molecule has 0 spiro atoms. The van der Waals surface area contributed by atoms with Crippen LogP contribution in [-0.4, -0.2) is 36.1 Å². The predicted molar refractivity (Wildman–Crippen MR) is 85.5 cm³/mol. The van der Waals surface area contributed by atoms with E-state index in [1.54, 1.807) is 38.1 Å². The lowest BCUT2D eigenvalue weighted by Gasteiger charge is -2.29. The van der Waals surface area contributed by atoms with Crippen LogP contribution in [-0.2, 0) is 14.3 Å². The van der Waals surface area contributed by atoms with Gasteiger partial charge in [-0.25, -0.2) is 9.59 Å². The molecule has 0 atom stereocenters. The van der Waals surface area contributed by atoms with E-state index in [-0.39, 0.29) is 17.9 Å². The highest BCUT2D eigenvalue weighted by Gasteiger charge is 2.37. The maximum atomic E-state index is 11.8. The topological polar surface area (TPSA) is 105 Å². The fraction of sp³-hybridized carbons (Fsp3) is 0.294. The first-order valence-corrected chi connectivity index (χ1v) is 7.24. The van der Waals surface area contributed by atoms with Crippen LogP contribution in [0.1, 0.15) is 25.3 Å². The fourth-order valence-corrected chi connectivity index (χ4v) is 2.84. The number of carboxylic acids is 2. The van der Waals surface area contributed by atoms with Gasteiger partial charge in [0.25, 0.3) is 0 Å². The van der Waals surface area contributed by atoms with Gasteiger partial charge in [0, 0.05) is 24.1 Å². The largest absolute Gasteiger partial charge is 0.478 e. The van der Waals surface area contributed by atoms with E-state index in [1.165, 1.54) is 7.11 Å². The Labute approximate surface area is 139 Å². The number of carboxylic acid groups (broad SMARTS) is 2. The maximum absolute atomic E-state index is 11.8. The highest BCUT2D eigenvalue weighted by atomic mass is 16.7. The molecule has 24 heavy (non-hydrogen) atoms. The zero-order valence-corrected chi connectivity index (χ0v) is 13.6. The Kier molecular flexibility index (Phi) is 5.25. The van der Waals surface area contributed by atoms with Crippen molar-refractivity contribution in [1.82, 2.24) is 5.32 Å². The highest BCUT2D eigenvalue weighted by Crippen LogP contribution is 2.41. The first-order chi connectivity index (χ1) is 11.4. The summed E-state index contributed by atoms with van der Waals surface area (Å²) in [7, 11) is 1.46. The minimum absolute atomic E-state index is 0.0218. The number of carbonyl (C=O) groups is 2. The summed E-state index contributed by atoms with van der Waals surface area (Å²) in [4.78, 5) is 23.5. The molecule has 0 saturated carbocycles. The Bertz CT molecular complexity index is 698. The van der Waals surface area contributed by atoms with Crippen LogP contribution in [0.4, 0.5) is 0 Å². The van der Waals surface area contributed by atoms with E-state index in [4.69, 9.17) is 9.47 Å². The van der Waals surface area contributed by atoms with Gasteiger partial charge in [-0.15, -0.1) is 0 Å². The van der Waals surface area contributed by atoms with Crippen LogP contribution in [0.15, 0.2) is 46.8 Å². The number of rotatable bonds is 6. The number of dihydropyridines is 1. The third-order valence-electron chi connectivity index (χ3n) is 3.78. The zero-order chi connectivity index (χ0) is 17.9. The summed E-state index contributed by atoms with van der Waals surface area (Å²) >= 11 is 0. The van der Waals surface area contributed by atoms with Crippen LogP contribution >= 0.6 is 0 Å². The molecule has 2 rings (SSSR count). The van der Waals surface area contributed by atoms with Gasteiger partial charge < -0.3 is 25.0 Å². The lowest BCUT2D eigenvalue weighted by Crippen LogP contribution is -2.31. The van der Waals surface area contributed by atoms with E-state index < -0.39 is 17.9 Å². The third kappa shape index (κ3) is 3.26. The zero-order valence-electron chi connectivity index (χ0n) is 13.6. The van der Waals surface area contributed by atoms with Crippen LogP contribution in [0.3, 0.4) is 0 Å².